The Morgan fingerprint density at radius 2 is 1.94 bits per heavy atom. The molecule has 8 heteroatoms. The van der Waals surface area contributed by atoms with Crippen molar-refractivity contribution in [3.8, 4) is 11.1 Å². The fourth-order valence-electron chi connectivity index (χ4n) is 5.98. The van der Waals surface area contributed by atoms with Gasteiger partial charge in [-0.05, 0) is 54.7 Å². The first kappa shape index (κ1) is 24.1. The van der Waals surface area contributed by atoms with E-state index in [0.29, 0.717) is 17.9 Å². The van der Waals surface area contributed by atoms with Crippen LogP contribution in [0.25, 0.3) is 11.1 Å². The molecule has 3 fully saturated rings. The fourth-order valence-corrected chi connectivity index (χ4v) is 5.98. The average Bonchev–Trinajstić information content (AvgIpc) is 3.70. The number of rotatable bonds is 8. The Labute approximate surface area is 214 Å². The van der Waals surface area contributed by atoms with Crippen LogP contribution in [0.5, 0.6) is 0 Å². The molecule has 0 spiro atoms. The van der Waals surface area contributed by atoms with Crippen LogP contribution in [0.15, 0.2) is 24.4 Å². The number of hydrogen-bond acceptors (Lipinski definition) is 8. The van der Waals surface area contributed by atoms with Crippen LogP contribution in [0.1, 0.15) is 62.7 Å². The molecule has 4 heterocycles. The maximum atomic E-state index is 6.39. The standard InChI is InChI=1S/C28H40N6O2/c1-2-3-10-30-28-31-16-24-22-9-6-20(17-33-11-13-35-14-12-33)15-23(22)25-27(36-25)34(26(24)32-28)18-19-4-7-21(29)8-5-19/h6,9,15-16,19,21,25,27H,2-5,7-8,10-14,17-18,29H2,1H3,(H,30,31,32). The number of nitrogens with two attached hydrogens (primary N) is 1. The number of epoxide rings is 1. The van der Waals surface area contributed by atoms with Gasteiger partial charge in [-0.25, -0.2) is 4.98 Å². The van der Waals surface area contributed by atoms with Gasteiger partial charge in [0, 0.05) is 50.5 Å². The maximum absolute atomic E-state index is 6.39. The van der Waals surface area contributed by atoms with Crippen molar-refractivity contribution < 1.29 is 9.47 Å². The summed E-state index contributed by atoms with van der Waals surface area (Å²) in [5.74, 6) is 2.33. The lowest BCUT2D eigenvalue weighted by molar-refractivity contribution is 0.0342. The number of ether oxygens (including phenoxy) is 2. The molecule has 1 saturated carbocycles. The van der Waals surface area contributed by atoms with Crippen molar-refractivity contribution >= 4 is 11.8 Å². The smallest absolute Gasteiger partial charge is 0.224 e. The van der Waals surface area contributed by atoms with E-state index in [4.69, 9.17) is 25.2 Å². The molecule has 6 rings (SSSR count). The topological polar surface area (TPSA) is 92.1 Å². The first-order valence-electron chi connectivity index (χ1n) is 13.9. The molecule has 2 aromatic rings. The van der Waals surface area contributed by atoms with Crippen LogP contribution in [-0.4, -0.2) is 66.5 Å². The Balaban J connectivity index is 1.31. The molecule has 2 saturated heterocycles. The van der Waals surface area contributed by atoms with Crippen LogP contribution < -0.4 is 16.0 Å². The second-order valence-corrected chi connectivity index (χ2v) is 10.9. The Morgan fingerprint density at radius 3 is 2.75 bits per heavy atom. The minimum Gasteiger partial charge on any atom is -0.379 e. The molecule has 194 valence electrons. The third-order valence-electron chi connectivity index (χ3n) is 8.20. The number of benzene rings is 1. The van der Waals surface area contributed by atoms with Gasteiger partial charge in [-0.1, -0.05) is 31.5 Å². The van der Waals surface area contributed by atoms with Crippen molar-refractivity contribution in [2.24, 2.45) is 11.7 Å². The van der Waals surface area contributed by atoms with Gasteiger partial charge in [0.15, 0.2) is 6.23 Å². The molecule has 0 bridgehead atoms. The van der Waals surface area contributed by atoms with Gasteiger partial charge >= 0.3 is 0 Å². The van der Waals surface area contributed by atoms with Crippen LogP contribution in [0, 0.1) is 5.92 Å². The van der Waals surface area contributed by atoms with Gasteiger partial charge in [-0.2, -0.15) is 4.98 Å². The summed E-state index contributed by atoms with van der Waals surface area (Å²) in [5.41, 5.74) is 11.1. The first-order valence-corrected chi connectivity index (χ1v) is 13.9. The summed E-state index contributed by atoms with van der Waals surface area (Å²) in [6.45, 7) is 8.61. The Morgan fingerprint density at radius 1 is 1.11 bits per heavy atom. The molecule has 4 aliphatic rings. The van der Waals surface area contributed by atoms with E-state index in [1.165, 1.54) is 29.5 Å². The molecule has 1 aliphatic carbocycles. The van der Waals surface area contributed by atoms with Crippen LogP contribution in [0.3, 0.4) is 0 Å². The summed E-state index contributed by atoms with van der Waals surface area (Å²) in [5, 5.41) is 3.43. The lowest BCUT2D eigenvalue weighted by Gasteiger charge is -2.32. The molecular formula is C28H40N6O2. The lowest BCUT2D eigenvalue weighted by atomic mass is 9.86. The van der Waals surface area contributed by atoms with Crippen molar-refractivity contribution in [3.63, 3.8) is 0 Å². The normalized spacial score (nSPS) is 27.6. The van der Waals surface area contributed by atoms with E-state index >= 15 is 0 Å². The summed E-state index contributed by atoms with van der Waals surface area (Å²) < 4.78 is 11.9. The van der Waals surface area contributed by atoms with Gasteiger partial charge in [0.1, 0.15) is 11.9 Å². The van der Waals surface area contributed by atoms with Gasteiger partial charge in [0.2, 0.25) is 5.95 Å². The predicted molar refractivity (Wildman–Crippen MR) is 142 cm³/mol. The van der Waals surface area contributed by atoms with Gasteiger partial charge < -0.3 is 25.4 Å². The largest absolute Gasteiger partial charge is 0.379 e. The lowest BCUT2D eigenvalue weighted by Crippen LogP contribution is -2.37. The third-order valence-corrected chi connectivity index (χ3v) is 8.20. The SMILES string of the molecule is CCCCNc1ncc2c(n1)N(CC1CCC(N)CC1)C1OC1c1cc(CN3CCOCC3)ccc1-2. The second kappa shape index (κ2) is 10.6. The Hall–Kier alpha value is -2.26. The number of nitrogens with zero attached hydrogens (tertiary/aromatic N) is 4. The zero-order valence-corrected chi connectivity index (χ0v) is 21.5. The molecule has 2 atom stereocenters. The number of fused-ring (bicyclic) bond motifs is 5. The van der Waals surface area contributed by atoms with E-state index in [-0.39, 0.29) is 12.3 Å². The van der Waals surface area contributed by atoms with Crippen LogP contribution in [-0.2, 0) is 16.0 Å². The predicted octanol–water partition coefficient (Wildman–Crippen LogP) is 3.92. The minimum absolute atomic E-state index is 0.0395. The highest BCUT2D eigenvalue weighted by Gasteiger charge is 2.50. The van der Waals surface area contributed by atoms with Crippen LogP contribution >= 0.6 is 0 Å². The molecule has 0 amide bonds. The first-order chi connectivity index (χ1) is 17.7. The minimum atomic E-state index is 0.0395. The average molecular weight is 493 g/mol. The molecule has 1 aromatic carbocycles. The van der Waals surface area contributed by atoms with E-state index in [1.807, 2.05) is 6.20 Å². The van der Waals surface area contributed by atoms with E-state index < -0.39 is 0 Å². The van der Waals surface area contributed by atoms with Crippen molar-refractivity contribution in [2.75, 3.05) is 49.6 Å². The third kappa shape index (κ3) is 5.09. The van der Waals surface area contributed by atoms with Crippen LogP contribution in [0.2, 0.25) is 0 Å². The highest BCUT2D eigenvalue weighted by atomic mass is 16.6. The summed E-state index contributed by atoms with van der Waals surface area (Å²) in [7, 11) is 0. The summed E-state index contributed by atoms with van der Waals surface area (Å²) >= 11 is 0. The Bertz CT molecular complexity index is 1050. The van der Waals surface area contributed by atoms with E-state index in [0.717, 1.165) is 83.0 Å². The number of nitrogens with one attached hydrogen (secondary N) is 1. The zero-order valence-electron chi connectivity index (χ0n) is 21.5. The highest BCUT2D eigenvalue weighted by molar-refractivity contribution is 5.81. The monoisotopic (exact) mass is 492 g/mol. The molecule has 36 heavy (non-hydrogen) atoms. The Kier molecular flexibility index (Phi) is 7.11. The summed E-state index contributed by atoms with van der Waals surface area (Å²) in [6, 6.07) is 7.24. The maximum Gasteiger partial charge on any atom is 0.224 e. The molecular weight excluding hydrogens is 452 g/mol. The quantitative estimate of drug-likeness (QED) is 0.423. The molecule has 2 unspecified atom stereocenters. The van der Waals surface area contributed by atoms with E-state index in [1.54, 1.807) is 0 Å². The fraction of sp³-hybridized carbons (Fsp3) is 0.643. The number of morpholine rings is 1. The van der Waals surface area contributed by atoms with Gasteiger partial charge in [0.25, 0.3) is 0 Å². The van der Waals surface area contributed by atoms with Crippen molar-refractivity contribution in [2.45, 2.75) is 70.4 Å². The van der Waals surface area contributed by atoms with Crippen LogP contribution in [0.4, 0.5) is 11.8 Å². The van der Waals surface area contributed by atoms with Crippen molar-refractivity contribution in [3.05, 3.63) is 35.5 Å². The second-order valence-electron chi connectivity index (χ2n) is 10.9. The molecule has 3 N–H and O–H groups in total. The number of unbranched alkanes of at least 4 members (excludes halogenated alkanes) is 1. The number of anilines is 2. The summed E-state index contributed by atoms with van der Waals surface area (Å²) in [6.07, 6.45) is 8.96. The molecule has 1 aromatic heterocycles. The van der Waals surface area contributed by atoms with Gasteiger partial charge in [-0.15, -0.1) is 0 Å². The van der Waals surface area contributed by atoms with Crippen molar-refractivity contribution in [1.29, 1.82) is 0 Å². The number of hydrogen-bond donors (Lipinski definition) is 2. The highest BCUT2D eigenvalue weighted by Crippen LogP contribution is 2.52. The van der Waals surface area contributed by atoms with Crippen molar-refractivity contribution in [1.82, 2.24) is 14.9 Å². The summed E-state index contributed by atoms with van der Waals surface area (Å²) in [4.78, 5) is 14.7. The van der Waals surface area contributed by atoms with Gasteiger partial charge in [0.05, 0.1) is 13.2 Å². The molecule has 0 radical (unpaired) electrons. The van der Waals surface area contributed by atoms with E-state index in [9.17, 15) is 0 Å². The van der Waals surface area contributed by atoms with Gasteiger partial charge in [-0.3, -0.25) is 4.90 Å². The molecule has 3 aliphatic heterocycles. The zero-order chi connectivity index (χ0) is 24.5. The van der Waals surface area contributed by atoms with E-state index in [2.05, 4.69) is 40.2 Å². The number of aromatic nitrogens is 2. The molecule has 8 nitrogen and oxygen atoms in total.